The molecule has 11 nitrogen and oxygen atoms in total. The number of nitrogens with one attached hydrogen (secondary N) is 3. The molecule has 4 aliphatic rings. The Kier molecular flexibility index (Phi) is 8.18. The first-order valence-corrected chi connectivity index (χ1v) is 13.9. The van der Waals surface area contributed by atoms with Gasteiger partial charge in [-0.2, -0.15) is 4.39 Å². The summed E-state index contributed by atoms with van der Waals surface area (Å²) in [5.74, 6) is -0.839. The molecule has 4 N–H and O–H groups in total. The Hall–Kier alpha value is -2.73. The number of halogens is 1. The Bertz CT molecular complexity index is 1010. The van der Waals surface area contributed by atoms with E-state index in [-0.39, 0.29) is 29.5 Å². The summed E-state index contributed by atoms with van der Waals surface area (Å²) in [6.07, 6.45) is 7.69. The molecule has 2 aliphatic carbocycles. The van der Waals surface area contributed by atoms with E-state index < -0.39 is 30.2 Å². The quantitative estimate of drug-likeness (QED) is 0.352. The molecule has 4 fully saturated rings. The SMILES string of the molecule is Cc1nc(NNC(=O)[C@@H](CNC(=O)OC2CCCCO2)CC2CCCC2)c(F)c(N2C[C@@H](O)C3(CC3)C2)n1. The predicted molar refractivity (Wildman–Crippen MR) is 137 cm³/mol. The molecular formula is C26H39FN6O5. The number of hydrogen-bond acceptors (Lipinski definition) is 9. The lowest BCUT2D eigenvalue weighted by Gasteiger charge is -2.24. The van der Waals surface area contributed by atoms with Crippen molar-refractivity contribution >= 4 is 23.6 Å². The number of aliphatic hydroxyl groups excluding tert-OH is 1. The van der Waals surface area contributed by atoms with Crippen LogP contribution in [-0.2, 0) is 14.3 Å². The number of β-amino-alcohol motifs (C(OH)–C–C–N with tert-alkyl or cyclic N) is 1. The van der Waals surface area contributed by atoms with Crippen molar-refractivity contribution < 1.29 is 28.6 Å². The highest BCUT2D eigenvalue weighted by atomic mass is 19.1. The van der Waals surface area contributed by atoms with Crippen LogP contribution in [0.15, 0.2) is 0 Å². The van der Waals surface area contributed by atoms with Crippen LogP contribution in [0.25, 0.3) is 0 Å². The molecule has 3 atom stereocenters. The number of amides is 2. The van der Waals surface area contributed by atoms with Crippen LogP contribution in [0.2, 0.25) is 0 Å². The number of anilines is 2. The Morgan fingerprint density at radius 1 is 1.21 bits per heavy atom. The molecule has 1 aromatic rings. The maximum atomic E-state index is 15.4. The predicted octanol–water partition coefficient (Wildman–Crippen LogP) is 2.78. The standard InChI is InChI=1S/C26H39FN6O5/c1-16-29-22(21(27)23(30-16)33-14-19(34)26(15-33)9-10-26)31-32-24(35)18(12-17-6-2-3-7-17)13-28-25(36)38-20-8-4-5-11-37-20/h17-20,34H,2-15H2,1H3,(H,28,36)(H,32,35)(H,29,30,31)/t18-,19-,20?/m1/s1. The van der Waals surface area contributed by atoms with Gasteiger partial charge in [-0.1, -0.05) is 25.7 Å². The summed E-state index contributed by atoms with van der Waals surface area (Å²) >= 11 is 0. The number of carbonyl (C=O) groups excluding carboxylic acids is 2. The molecule has 2 saturated heterocycles. The number of hydrazine groups is 1. The van der Waals surface area contributed by atoms with Crippen molar-refractivity contribution in [2.75, 3.05) is 36.6 Å². The summed E-state index contributed by atoms with van der Waals surface area (Å²) in [5, 5.41) is 13.1. The normalized spacial score (nSPS) is 25.3. The van der Waals surface area contributed by atoms with E-state index in [1.54, 1.807) is 11.8 Å². The van der Waals surface area contributed by atoms with Gasteiger partial charge in [0, 0.05) is 31.5 Å². The van der Waals surface area contributed by atoms with Gasteiger partial charge in [-0.05, 0) is 44.9 Å². The van der Waals surface area contributed by atoms with Crippen LogP contribution >= 0.6 is 0 Å². The summed E-state index contributed by atoms with van der Waals surface area (Å²) in [5.41, 5.74) is 5.09. The second kappa shape index (κ2) is 11.6. The van der Waals surface area contributed by atoms with Crippen molar-refractivity contribution in [3.8, 4) is 0 Å². The van der Waals surface area contributed by atoms with Crippen LogP contribution in [-0.4, -0.2) is 65.7 Å². The third kappa shape index (κ3) is 6.28. The average Bonchev–Trinajstić information content (AvgIpc) is 3.36. The van der Waals surface area contributed by atoms with Gasteiger partial charge in [-0.15, -0.1) is 0 Å². The Morgan fingerprint density at radius 2 is 1.97 bits per heavy atom. The van der Waals surface area contributed by atoms with E-state index in [4.69, 9.17) is 9.47 Å². The molecule has 3 heterocycles. The van der Waals surface area contributed by atoms with Gasteiger partial charge in [0.15, 0.2) is 11.6 Å². The second-order valence-corrected chi connectivity index (χ2v) is 11.3. The van der Waals surface area contributed by atoms with Crippen molar-refractivity contribution in [1.29, 1.82) is 0 Å². The van der Waals surface area contributed by atoms with Gasteiger partial charge in [0.25, 0.3) is 0 Å². The summed E-state index contributed by atoms with van der Waals surface area (Å²) in [6, 6.07) is 0. The summed E-state index contributed by atoms with van der Waals surface area (Å²) < 4.78 is 26.2. The Labute approximate surface area is 222 Å². The van der Waals surface area contributed by atoms with Gasteiger partial charge in [-0.25, -0.2) is 14.8 Å². The minimum Gasteiger partial charge on any atom is -0.420 e. The summed E-state index contributed by atoms with van der Waals surface area (Å²) in [7, 11) is 0. The van der Waals surface area contributed by atoms with E-state index >= 15 is 4.39 Å². The molecule has 2 saturated carbocycles. The first-order chi connectivity index (χ1) is 18.3. The minimum absolute atomic E-state index is 0.0971. The third-order valence-corrected chi connectivity index (χ3v) is 8.38. The number of aromatic nitrogens is 2. The van der Waals surface area contributed by atoms with Crippen molar-refractivity contribution in [1.82, 2.24) is 20.7 Å². The van der Waals surface area contributed by atoms with Gasteiger partial charge >= 0.3 is 6.09 Å². The number of hydrogen-bond donors (Lipinski definition) is 4. The number of carbonyl (C=O) groups is 2. The molecule has 1 unspecified atom stereocenters. The molecule has 0 radical (unpaired) electrons. The molecule has 2 amide bonds. The molecule has 1 aromatic heterocycles. The summed E-state index contributed by atoms with van der Waals surface area (Å²) in [4.78, 5) is 35.7. The fraction of sp³-hybridized carbons (Fsp3) is 0.769. The number of rotatable bonds is 9. The zero-order chi connectivity index (χ0) is 26.7. The average molecular weight is 535 g/mol. The molecule has 210 valence electrons. The van der Waals surface area contributed by atoms with Crippen LogP contribution in [0.3, 0.4) is 0 Å². The van der Waals surface area contributed by atoms with Gasteiger partial charge < -0.3 is 24.8 Å². The highest BCUT2D eigenvalue weighted by molar-refractivity contribution is 5.81. The van der Waals surface area contributed by atoms with E-state index in [0.717, 1.165) is 51.4 Å². The third-order valence-electron chi connectivity index (χ3n) is 8.38. The monoisotopic (exact) mass is 534 g/mol. The van der Waals surface area contributed by atoms with Gasteiger partial charge in [-0.3, -0.25) is 15.6 Å². The van der Waals surface area contributed by atoms with Crippen molar-refractivity contribution in [3.63, 3.8) is 0 Å². The molecule has 0 aromatic carbocycles. The molecule has 5 rings (SSSR count). The van der Waals surface area contributed by atoms with Gasteiger partial charge in [0.05, 0.1) is 18.6 Å². The first-order valence-electron chi connectivity index (χ1n) is 13.9. The molecular weight excluding hydrogens is 495 g/mol. The highest BCUT2D eigenvalue weighted by Crippen LogP contribution is 2.53. The van der Waals surface area contributed by atoms with Crippen molar-refractivity contribution in [3.05, 3.63) is 11.6 Å². The maximum Gasteiger partial charge on any atom is 0.409 e. The van der Waals surface area contributed by atoms with Gasteiger partial charge in [0.2, 0.25) is 18.0 Å². The topological polar surface area (TPSA) is 138 Å². The van der Waals surface area contributed by atoms with Crippen LogP contribution in [0.4, 0.5) is 20.8 Å². The van der Waals surface area contributed by atoms with E-state index in [1.807, 2.05) is 0 Å². The smallest absolute Gasteiger partial charge is 0.409 e. The van der Waals surface area contributed by atoms with Crippen LogP contribution in [0.5, 0.6) is 0 Å². The van der Waals surface area contributed by atoms with Crippen LogP contribution in [0.1, 0.15) is 70.0 Å². The minimum atomic E-state index is -0.678. The largest absolute Gasteiger partial charge is 0.420 e. The van der Waals surface area contributed by atoms with Crippen molar-refractivity contribution in [2.45, 2.75) is 83.5 Å². The van der Waals surface area contributed by atoms with Crippen LogP contribution < -0.4 is 21.1 Å². The van der Waals surface area contributed by atoms with Crippen LogP contribution in [0, 0.1) is 30.0 Å². The fourth-order valence-corrected chi connectivity index (χ4v) is 5.93. The van der Waals surface area contributed by atoms with Crippen molar-refractivity contribution in [2.24, 2.45) is 17.3 Å². The Balaban J connectivity index is 1.20. The number of alkyl carbamates (subject to hydrolysis) is 1. The molecule has 0 bridgehead atoms. The molecule has 1 spiro atoms. The zero-order valence-corrected chi connectivity index (χ0v) is 22.0. The second-order valence-electron chi connectivity index (χ2n) is 11.3. The lowest BCUT2D eigenvalue weighted by atomic mass is 9.92. The number of nitrogens with zero attached hydrogens (tertiary/aromatic N) is 3. The number of aryl methyl sites for hydroxylation is 1. The van der Waals surface area contributed by atoms with E-state index in [0.29, 0.717) is 44.3 Å². The number of ether oxygens (including phenoxy) is 2. The zero-order valence-electron chi connectivity index (χ0n) is 22.0. The van der Waals surface area contributed by atoms with E-state index in [2.05, 4.69) is 26.1 Å². The van der Waals surface area contributed by atoms with E-state index in [9.17, 15) is 14.7 Å². The fourth-order valence-electron chi connectivity index (χ4n) is 5.93. The lowest BCUT2D eigenvalue weighted by Crippen LogP contribution is -2.43. The maximum absolute atomic E-state index is 15.4. The van der Waals surface area contributed by atoms with Gasteiger partial charge in [0.1, 0.15) is 5.82 Å². The molecule has 2 aliphatic heterocycles. The molecule has 38 heavy (non-hydrogen) atoms. The summed E-state index contributed by atoms with van der Waals surface area (Å²) in [6.45, 7) is 3.18. The lowest BCUT2D eigenvalue weighted by molar-refractivity contribution is -0.127. The Morgan fingerprint density at radius 3 is 2.66 bits per heavy atom. The van der Waals surface area contributed by atoms with E-state index in [1.165, 1.54) is 0 Å². The highest BCUT2D eigenvalue weighted by Gasteiger charge is 2.55. The number of aliphatic hydroxyl groups is 1. The first kappa shape index (κ1) is 26.9. The molecule has 12 heteroatoms.